The fraction of sp³-hybridized carbons (Fsp3) is 0.292. The Bertz CT molecular complexity index is 2620. The number of para-hydroxylation sites is 3. The van der Waals surface area contributed by atoms with Crippen molar-refractivity contribution in [1.82, 2.24) is 24.5 Å². The van der Waals surface area contributed by atoms with Crippen molar-refractivity contribution < 1.29 is 4.42 Å². The lowest BCUT2D eigenvalue weighted by Gasteiger charge is -2.24. The van der Waals surface area contributed by atoms with Gasteiger partial charge in [0.2, 0.25) is 0 Å². The lowest BCUT2D eigenvalue weighted by molar-refractivity contribution is 0.497. The molecule has 0 fully saturated rings. The van der Waals surface area contributed by atoms with Crippen molar-refractivity contribution in [3.8, 4) is 39.6 Å². The van der Waals surface area contributed by atoms with Crippen molar-refractivity contribution in [2.45, 2.75) is 91.9 Å². The van der Waals surface area contributed by atoms with Crippen molar-refractivity contribution in [2.75, 3.05) is 0 Å². The van der Waals surface area contributed by atoms with Crippen molar-refractivity contribution in [1.29, 1.82) is 0 Å². The van der Waals surface area contributed by atoms with Crippen LogP contribution in [0.2, 0.25) is 0 Å². The average Bonchev–Trinajstić information content (AvgIpc) is 3.72. The van der Waals surface area contributed by atoms with Crippen molar-refractivity contribution in [3.05, 3.63) is 126 Å². The lowest BCUT2D eigenvalue weighted by Crippen LogP contribution is -2.24. The highest BCUT2D eigenvalue weighted by Crippen LogP contribution is 2.43. The predicted molar refractivity (Wildman–Crippen MR) is 224 cm³/mol. The number of hydrogen-bond acceptors (Lipinski definition) is 5. The molecular formula is C48H49N5O. The Kier molecular flexibility index (Phi) is 8.56. The van der Waals surface area contributed by atoms with Crippen LogP contribution in [0, 0.1) is 0 Å². The lowest BCUT2D eigenvalue weighted by atomic mass is 9.88. The maximum absolute atomic E-state index is 6.89. The second-order valence-corrected chi connectivity index (χ2v) is 17.2. The third-order valence-corrected chi connectivity index (χ3v) is 10.3. The van der Waals surface area contributed by atoms with Crippen LogP contribution in [0.4, 0.5) is 0 Å². The minimum Gasteiger partial charge on any atom is -0.455 e. The summed E-state index contributed by atoms with van der Waals surface area (Å²) in [4.78, 5) is 20.2. The van der Waals surface area contributed by atoms with Crippen LogP contribution in [-0.2, 0) is 10.8 Å². The minimum atomic E-state index is -0.228. The molecular weight excluding hydrogens is 663 g/mol. The Labute approximate surface area is 318 Å². The molecule has 6 nitrogen and oxygen atoms in total. The number of fused-ring (bicyclic) bond motifs is 4. The first-order valence-corrected chi connectivity index (χ1v) is 19.1. The van der Waals surface area contributed by atoms with E-state index in [4.69, 9.17) is 24.4 Å². The van der Waals surface area contributed by atoms with Crippen molar-refractivity contribution >= 4 is 33.0 Å². The van der Waals surface area contributed by atoms with E-state index in [1.165, 1.54) is 27.9 Å². The van der Waals surface area contributed by atoms with Gasteiger partial charge in [0.15, 0.2) is 5.82 Å². The van der Waals surface area contributed by atoms with Gasteiger partial charge in [-0.05, 0) is 76.6 Å². The number of rotatable bonds is 6. The number of imidazole rings is 1. The van der Waals surface area contributed by atoms with E-state index in [-0.39, 0.29) is 22.7 Å². The summed E-state index contributed by atoms with van der Waals surface area (Å²) in [5, 5.41) is 2.08. The molecule has 3 heterocycles. The molecule has 5 aromatic carbocycles. The predicted octanol–water partition coefficient (Wildman–Crippen LogP) is 13.0. The van der Waals surface area contributed by atoms with Crippen molar-refractivity contribution in [3.63, 3.8) is 0 Å². The Morgan fingerprint density at radius 3 is 1.81 bits per heavy atom. The standard InChI is InChI=1S/C48H49N5O/c1-28(2)36-25-32(30-17-12-11-13-18-30)26-37(29(3)4)41(36)53-39-22-15-14-21-38(39)49-44(53)35-20-16-19-34-33-24-23-31(27-40(33)54-42(34)35)43-50-45(47(5,6)7)52-46(51-43)48(8,9)10/h11-29H,1-10H3. The largest absolute Gasteiger partial charge is 0.455 e. The molecule has 0 amide bonds. The fourth-order valence-corrected chi connectivity index (χ4v) is 7.34. The van der Waals surface area contributed by atoms with Gasteiger partial charge < -0.3 is 4.42 Å². The zero-order valence-corrected chi connectivity index (χ0v) is 33.1. The van der Waals surface area contributed by atoms with E-state index >= 15 is 0 Å². The Balaban J connectivity index is 1.37. The maximum Gasteiger partial charge on any atom is 0.163 e. The molecule has 54 heavy (non-hydrogen) atoms. The first-order chi connectivity index (χ1) is 25.7. The first-order valence-electron chi connectivity index (χ1n) is 19.1. The quantitative estimate of drug-likeness (QED) is 0.172. The Hall–Kier alpha value is -5.62. The molecule has 0 spiro atoms. The van der Waals surface area contributed by atoms with Gasteiger partial charge in [-0.2, -0.15) is 0 Å². The van der Waals surface area contributed by atoms with Gasteiger partial charge in [0.05, 0.1) is 22.3 Å². The molecule has 0 aliphatic carbocycles. The molecule has 0 aliphatic heterocycles. The highest BCUT2D eigenvalue weighted by atomic mass is 16.3. The van der Waals surface area contributed by atoms with Crippen LogP contribution in [0.5, 0.6) is 0 Å². The number of benzene rings is 5. The minimum absolute atomic E-state index is 0.228. The summed E-state index contributed by atoms with van der Waals surface area (Å²) in [6.45, 7) is 22.0. The van der Waals surface area contributed by atoms with Gasteiger partial charge in [0.25, 0.3) is 0 Å². The van der Waals surface area contributed by atoms with Gasteiger partial charge in [0.1, 0.15) is 28.6 Å². The summed E-state index contributed by atoms with van der Waals surface area (Å²) in [6, 6.07) is 36.6. The normalized spacial score (nSPS) is 12.6. The second kappa shape index (κ2) is 13.0. The third-order valence-electron chi connectivity index (χ3n) is 10.3. The summed E-state index contributed by atoms with van der Waals surface area (Å²) < 4.78 is 9.27. The van der Waals surface area contributed by atoms with Crippen LogP contribution in [0.1, 0.15) is 104 Å². The van der Waals surface area contributed by atoms with E-state index in [0.717, 1.165) is 61.6 Å². The zero-order chi connectivity index (χ0) is 38.1. The van der Waals surface area contributed by atoms with E-state index in [9.17, 15) is 0 Å². The highest BCUT2D eigenvalue weighted by molar-refractivity contribution is 6.10. The van der Waals surface area contributed by atoms with Gasteiger partial charge in [0, 0.05) is 27.2 Å². The molecule has 0 radical (unpaired) electrons. The molecule has 0 bridgehead atoms. The third kappa shape index (κ3) is 6.17. The molecule has 3 aromatic heterocycles. The fourth-order valence-electron chi connectivity index (χ4n) is 7.34. The smallest absolute Gasteiger partial charge is 0.163 e. The molecule has 0 N–H and O–H groups in total. The maximum atomic E-state index is 6.89. The van der Waals surface area contributed by atoms with Gasteiger partial charge in [-0.25, -0.2) is 19.9 Å². The molecule has 0 atom stereocenters. The van der Waals surface area contributed by atoms with E-state index in [1.807, 2.05) is 0 Å². The molecule has 8 aromatic rings. The van der Waals surface area contributed by atoms with Gasteiger partial charge in [-0.3, -0.25) is 4.57 Å². The van der Waals surface area contributed by atoms with Crippen LogP contribution in [0.25, 0.3) is 72.6 Å². The monoisotopic (exact) mass is 711 g/mol. The summed E-state index contributed by atoms with van der Waals surface area (Å²) in [7, 11) is 0. The molecule has 0 aliphatic rings. The molecule has 272 valence electrons. The number of furan rings is 1. The summed E-state index contributed by atoms with van der Waals surface area (Å²) >= 11 is 0. The number of aromatic nitrogens is 5. The summed E-state index contributed by atoms with van der Waals surface area (Å²) in [5.41, 5.74) is 11.2. The topological polar surface area (TPSA) is 69.6 Å². The summed E-state index contributed by atoms with van der Waals surface area (Å²) in [6.07, 6.45) is 0. The highest BCUT2D eigenvalue weighted by Gasteiger charge is 2.27. The zero-order valence-electron chi connectivity index (χ0n) is 33.1. The average molecular weight is 712 g/mol. The van der Waals surface area contributed by atoms with E-state index in [2.05, 4.69) is 177 Å². The SMILES string of the molecule is CC(C)c1cc(-c2ccccc2)cc(C(C)C)c1-n1c(-c2cccc3c2oc2cc(-c4nc(C(C)(C)C)nc(C(C)(C)C)n4)ccc23)nc2ccccc21. The molecule has 0 saturated heterocycles. The first kappa shape index (κ1) is 35.4. The van der Waals surface area contributed by atoms with Gasteiger partial charge in [-0.15, -0.1) is 0 Å². The van der Waals surface area contributed by atoms with Crippen LogP contribution < -0.4 is 0 Å². The Morgan fingerprint density at radius 2 is 1.19 bits per heavy atom. The number of hydrogen-bond donors (Lipinski definition) is 0. The molecule has 6 heteroatoms. The van der Waals surface area contributed by atoms with E-state index in [0.29, 0.717) is 5.82 Å². The van der Waals surface area contributed by atoms with E-state index in [1.54, 1.807) is 0 Å². The van der Waals surface area contributed by atoms with Crippen LogP contribution >= 0.6 is 0 Å². The van der Waals surface area contributed by atoms with Crippen molar-refractivity contribution in [2.24, 2.45) is 0 Å². The molecule has 0 saturated carbocycles. The molecule has 0 unspecified atom stereocenters. The van der Waals surface area contributed by atoms with Gasteiger partial charge in [-0.1, -0.05) is 130 Å². The van der Waals surface area contributed by atoms with Crippen LogP contribution in [0.3, 0.4) is 0 Å². The summed E-state index contributed by atoms with van der Waals surface area (Å²) in [5.74, 6) is 3.61. The molecule has 8 rings (SSSR count). The van der Waals surface area contributed by atoms with Crippen LogP contribution in [-0.4, -0.2) is 24.5 Å². The number of nitrogens with zero attached hydrogens (tertiary/aromatic N) is 5. The second-order valence-electron chi connectivity index (χ2n) is 17.2. The Morgan fingerprint density at radius 1 is 0.556 bits per heavy atom. The van der Waals surface area contributed by atoms with Gasteiger partial charge >= 0.3 is 0 Å². The van der Waals surface area contributed by atoms with Crippen LogP contribution in [0.15, 0.2) is 108 Å². The van der Waals surface area contributed by atoms with E-state index < -0.39 is 0 Å².